The Morgan fingerprint density at radius 3 is 1.19 bits per heavy atom. The van der Waals surface area contributed by atoms with Crippen molar-refractivity contribution in [1.82, 2.24) is 0 Å². The van der Waals surface area contributed by atoms with Crippen LogP contribution in [0.5, 0.6) is 0 Å². The number of benzene rings is 3. The van der Waals surface area contributed by atoms with Crippen molar-refractivity contribution in [2.75, 3.05) is 0 Å². The van der Waals surface area contributed by atoms with Gasteiger partial charge in [0.2, 0.25) is 0 Å². The lowest BCUT2D eigenvalue weighted by atomic mass is 10.1. The van der Waals surface area contributed by atoms with Gasteiger partial charge in [-0.3, -0.25) is 9.59 Å². The predicted octanol–water partition coefficient (Wildman–Crippen LogP) is 5.54. The molecule has 0 radical (unpaired) electrons. The third-order valence-corrected chi connectivity index (χ3v) is 5.07. The molecule has 0 unspecified atom stereocenters. The summed E-state index contributed by atoms with van der Waals surface area (Å²) in [5, 5.41) is 6.52. The van der Waals surface area contributed by atoms with Crippen molar-refractivity contribution in [3.05, 3.63) is 80.1 Å². The summed E-state index contributed by atoms with van der Waals surface area (Å²) in [6.45, 7) is 7.97. The Hall–Kier alpha value is -3.00. The van der Waals surface area contributed by atoms with Gasteiger partial charge in [0.15, 0.2) is 10.9 Å². The molecule has 5 rings (SSSR count). The van der Waals surface area contributed by atoms with Crippen molar-refractivity contribution in [2.45, 2.75) is 27.7 Å². The fraction of sp³-hybridized carbons (Fsp3) is 0.167. The van der Waals surface area contributed by atoms with Crippen LogP contribution in [0.3, 0.4) is 0 Å². The van der Waals surface area contributed by atoms with Gasteiger partial charge < -0.3 is 0 Å². The topological polar surface area (TPSA) is 34.1 Å². The second kappa shape index (κ2) is 5.77. The third-order valence-electron chi connectivity index (χ3n) is 5.07. The standard InChI is InChI=1S/C22H14O2.C2H6/c1-11-3-5-13-15-9-20-16(10-19(15)21(23)17(13)7-11)14-6-4-12(2)8-18(14)22(20)24;1-2/h3-10H,1-2H3;1-2H3. The van der Waals surface area contributed by atoms with Crippen LogP contribution in [0.1, 0.15) is 25.0 Å². The molecule has 0 bridgehead atoms. The van der Waals surface area contributed by atoms with E-state index in [-0.39, 0.29) is 10.9 Å². The van der Waals surface area contributed by atoms with Crippen LogP contribution in [0.4, 0.5) is 0 Å². The Morgan fingerprint density at radius 2 is 0.808 bits per heavy atom. The first-order valence-corrected chi connectivity index (χ1v) is 9.04. The summed E-state index contributed by atoms with van der Waals surface area (Å²) in [6.07, 6.45) is 0. The number of rotatable bonds is 0. The first-order valence-electron chi connectivity index (χ1n) is 9.04. The fourth-order valence-corrected chi connectivity index (χ4v) is 3.87. The van der Waals surface area contributed by atoms with E-state index < -0.39 is 0 Å². The molecule has 26 heavy (non-hydrogen) atoms. The Morgan fingerprint density at radius 1 is 0.462 bits per heavy atom. The van der Waals surface area contributed by atoms with Gasteiger partial charge in [-0.05, 0) is 59.7 Å². The summed E-state index contributed by atoms with van der Waals surface area (Å²) in [5.41, 5.74) is 2.25. The van der Waals surface area contributed by atoms with E-state index >= 15 is 0 Å². The molecule has 0 fully saturated rings. The van der Waals surface area contributed by atoms with Crippen molar-refractivity contribution >= 4 is 43.1 Å². The predicted molar refractivity (Wildman–Crippen MR) is 112 cm³/mol. The van der Waals surface area contributed by atoms with Gasteiger partial charge in [0, 0.05) is 21.5 Å². The summed E-state index contributed by atoms with van der Waals surface area (Å²) in [6, 6.07) is 15.7. The molecule has 5 aromatic rings. The SMILES string of the molecule is CC.Cc1ccc2c(c1)c(=O)c1cc3c(cc12)c(=O)c1cc(C)ccc13. The molecule has 0 saturated heterocycles. The molecular weight excluding hydrogens is 320 g/mol. The summed E-state index contributed by atoms with van der Waals surface area (Å²) in [5.74, 6) is 0. The lowest BCUT2D eigenvalue weighted by Crippen LogP contribution is -1.95. The molecule has 0 heterocycles. The molecule has 0 N–H and O–H groups in total. The molecule has 0 aliphatic rings. The van der Waals surface area contributed by atoms with Crippen LogP contribution < -0.4 is 10.9 Å². The van der Waals surface area contributed by atoms with Crippen LogP contribution >= 0.6 is 0 Å². The first kappa shape index (κ1) is 16.5. The van der Waals surface area contributed by atoms with Gasteiger partial charge in [-0.1, -0.05) is 49.2 Å². The van der Waals surface area contributed by atoms with Crippen LogP contribution in [-0.2, 0) is 0 Å². The maximum absolute atomic E-state index is 12.8. The van der Waals surface area contributed by atoms with Crippen LogP contribution in [0.2, 0.25) is 0 Å². The van der Waals surface area contributed by atoms with E-state index in [0.29, 0.717) is 10.8 Å². The molecule has 0 aliphatic heterocycles. The number of hydrogen-bond acceptors (Lipinski definition) is 2. The monoisotopic (exact) mass is 340 g/mol. The Labute approximate surface area is 151 Å². The molecule has 5 aromatic carbocycles. The van der Waals surface area contributed by atoms with E-state index in [9.17, 15) is 9.59 Å². The van der Waals surface area contributed by atoms with Gasteiger partial charge in [0.05, 0.1) is 0 Å². The van der Waals surface area contributed by atoms with Crippen molar-refractivity contribution < 1.29 is 0 Å². The van der Waals surface area contributed by atoms with Crippen molar-refractivity contribution in [3.63, 3.8) is 0 Å². The molecule has 2 heteroatoms. The first-order chi connectivity index (χ1) is 12.5. The minimum atomic E-state index is 0.0551. The minimum absolute atomic E-state index is 0.0551. The van der Waals surface area contributed by atoms with Gasteiger partial charge in [-0.2, -0.15) is 0 Å². The van der Waals surface area contributed by atoms with E-state index in [1.807, 2.05) is 76.2 Å². The van der Waals surface area contributed by atoms with Crippen molar-refractivity contribution in [1.29, 1.82) is 0 Å². The lowest BCUT2D eigenvalue weighted by molar-refractivity contribution is 1.50. The second-order valence-corrected chi connectivity index (χ2v) is 6.70. The number of aryl methyl sites for hydroxylation is 2. The maximum Gasteiger partial charge on any atom is 0.194 e. The molecular formula is C24H20O2. The molecule has 0 saturated carbocycles. The van der Waals surface area contributed by atoms with Crippen molar-refractivity contribution in [2.24, 2.45) is 0 Å². The van der Waals surface area contributed by atoms with Gasteiger partial charge in [0.25, 0.3) is 0 Å². The molecule has 0 amide bonds. The average Bonchev–Trinajstić information content (AvgIpc) is 3.08. The molecule has 0 spiro atoms. The highest BCUT2D eigenvalue weighted by atomic mass is 16.1. The van der Waals surface area contributed by atoms with E-state index in [1.54, 1.807) is 0 Å². The van der Waals surface area contributed by atoms with Gasteiger partial charge >= 0.3 is 0 Å². The molecule has 128 valence electrons. The quantitative estimate of drug-likeness (QED) is 0.371. The normalized spacial score (nSPS) is 11.4. The van der Waals surface area contributed by atoms with Crippen LogP contribution in [-0.4, -0.2) is 0 Å². The fourth-order valence-electron chi connectivity index (χ4n) is 3.87. The van der Waals surface area contributed by atoms with E-state index in [1.165, 1.54) is 0 Å². The highest BCUT2D eigenvalue weighted by molar-refractivity contribution is 6.21. The molecule has 2 nitrogen and oxygen atoms in total. The number of hydrogen-bond donors (Lipinski definition) is 0. The molecule has 0 aliphatic carbocycles. The molecule has 0 aromatic heterocycles. The van der Waals surface area contributed by atoms with Crippen LogP contribution in [0, 0.1) is 13.8 Å². The Bertz CT molecular complexity index is 1290. The Kier molecular flexibility index (Phi) is 3.66. The van der Waals surface area contributed by atoms with Gasteiger partial charge in [-0.25, -0.2) is 0 Å². The maximum atomic E-state index is 12.8. The van der Waals surface area contributed by atoms with Crippen molar-refractivity contribution in [3.8, 4) is 0 Å². The smallest absolute Gasteiger partial charge is 0.194 e. The zero-order chi connectivity index (χ0) is 18.6. The largest absolute Gasteiger partial charge is 0.289 e. The highest BCUT2D eigenvalue weighted by Gasteiger charge is 2.16. The molecule has 0 atom stereocenters. The average molecular weight is 340 g/mol. The van der Waals surface area contributed by atoms with E-state index in [0.717, 1.165) is 43.4 Å². The Balaban J connectivity index is 0.000000814. The second-order valence-electron chi connectivity index (χ2n) is 6.70. The summed E-state index contributed by atoms with van der Waals surface area (Å²) >= 11 is 0. The van der Waals surface area contributed by atoms with Crippen LogP contribution in [0.15, 0.2) is 58.1 Å². The summed E-state index contributed by atoms with van der Waals surface area (Å²) in [4.78, 5) is 25.6. The lowest BCUT2D eigenvalue weighted by Gasteiger charge is -1.96. The van der Waals surface area contributed by atoms with Gasteiger partial charge in [-0.15, -0.1) is 0 Å². The summed E-state index contributed by atoms with van der Waals surface area (Å²) in [7, 11) is 0. The van der Waals surface area contributed by atoms with E-state index in [4.69, 9.17) is 0 Å². The summed E-state index contributed by atoms with van der Waals surface area (Å²) < 4.78 is 0. The number of fused-ring (bicyclic) bond motifs is 6. The highest BCUT2D eigenvalue weighted by Crippen LogP contribution is 2.32. The van der Waals surface area contributed by atoms with Gasteiger partial charge in [0.1, 0.15) is 0 Å². The minimum Gasteiger partial charge on any atom is -0.289 e. The zero-order valence-corrected chi connectivity index (χ0v) is 15.4. The van der Waals surface area contributed by atoms with Crippen LogP contribution in [0.25, 0.3) is 43.1 Å². The third kappa shape index (κ3) is 2.12. The zero-order valence-electron chi connectivity index (χ0n) is 15.4. The van der Waals surface area contributed by atoms with E-state index in [2.05, 4.69) is 0 Å².